The van der Waals surface area contributed by atoms with Crippen LogP contribution in [0.25, 0.3) is 0 Å². The lowest BCUT2D eigenvalue weighted by Crippen LogP contribution is -2.53. The standard InChI is InChI=1S/C14H26N2O3/c1-10(2)19-13-7-12(8-13)15-14(17)16-5-4-6-18-11(3)9-16/h10-13H,4-9H2,1-3H3,(H,15,17). The molecule has 5 nitrogen and oxygen atoms in total. The molecule has 0 aromatic rings. The van der Waals surface area contributed by atoms with Crippen molar-refractivity contribution in [2.75, 3.05) is 19.7 Å². The van der Waals surface area contributed by atoms with Crippen molar-refractivity contribution in [1.29, 1.82) is 0 Å². The maximum atomic E-state index is 12.1. The lowest BCUT2D eigenvalue weighted by atomic mass is 9.89. The Kier molecular flexibility index (Phi) is 5.05. The highest BCUT2D eigenvalue weighted by Crippen LogP contribution is 2.24. The quantitative estimate of drug-likeness (QED) is 0.850. The van der Waals surface area contributed by atoms with Gasteiger partial charge in [0.05, 0.1) is 18.3 Å². The van der Waals surface area contributed by atoms with E-state index in [4.69, 9.17) is 9.47 Å². The maximum Gasteiger partial charge on any atom is 0.317 e. The fraction of sp³-hybridized carbons (Fsp3) is 0.929. The van der Waals surface area contributed by atoms with Crippen LogP contribution in [0.1, 0.15) is 40.0 Å². The zero-order chi connectivity index (χ0) is 13.8. The highest BCUT2D eigenvalue weighted by Gasteiger charge is 2.33. The predicted octanol–water partition coefficient (Wildman–Crippen LogP) is 1.76. The summed E-state index contributed by atoms with van der Waals surface area (Å²) in [6.45, 7) is 8.33. The number of nitrogens with zero attached hydrogens (tertiary/aromatic N) is 1. The fourth-order valence-electron chi connectivity index (χ4n) is 2.62. The number of hydrogen-bond donors (Lipinski definition) is 1. The molecule has 1 atom stereocenters. The first-order valence-corrected chi connectivity index (χ1v) is 7.37. The Bertz CT molecular complexity index is 303. The topological polar surface area (TPSA) is 50.8 Å². The second-order valence-electron chi connectivity index (χ2n) is 5.91. The Morgan fingerprint density at radius 2 is 2.16 bits per heavy atom. The van der Waals surface area contributed by atoms with Crippen LogP contribution < -0.4 is 5.32 Å². The van der Waals surface area contributed by atoms with Crippen LogP contribution in [0.4, 0.5) is 4.79 Å². The number of nitrogens with one attached hydrogen (secondary N) is 1. The predicted molar refractivity (Wildman–Crippen MR) is 73.2 cm³/mol. The average molecular weight is 270 g/mol. The highest BCUT2D eigenvalue weighted by atomic mass is 16.5. The van der Waals surface area contributed by atoms with Gasteiger partial charge in [0, 0.05) is 25.7 Å². The molecule has 110 valence electrons. The van der Waals surface area contributed by atoms with Gasteiger partial charge in [-0.2, -0.15) is 0 Å². The number of amides is 2. The lowest BCUT2D eigenvalue weighted by molar-refractivity contribution is -0.0482. The molecule has 1 heterocycles. The molecule has 1 unspecified atom stereocenters. The molecule has 2 rings (SSSR count). The summed E-state index contributed by atoms with van der Waals surface area (Å²) in [5, 5.41) is 3.09. The second-order valence-corrected chi connectivity index (χ2v) is 5.91. The van der Waals surface area contributed by atoms with Crippen molar-refractivity contribution in [2.24, 2.45) is 0 Å². The number of carbonyl (C=O) groups is 1. The minimum absolute atomic E-state index is 0.0466. The van der Waals surface area contributed by atoms with Gasteiger partial charge in [-0.1, -0.05) is 0 Å². The number of ether oxygens (including phenoxy) is 2. The van der Waals surface area contributed by atoms with Gasteiger partial charge in [0.1, 0.15) is 0 Å². The van der Waals surface area contributed by atoms with Crippen molar-refractivity contribution < 1.29 is 14.3 Å². The molecular formula is C14H26N2O3. The van der Waals surface area contributed by atoms with Gasteiger partial charge in [0.15, 0.2) is 0 Å². The molecule has 1 saturated carbocycles. The third-order valence-corrected chi connectivity index (χ3v) is 3.63. The van der Waals surface area contributed by atoms with E-state index in [0.29, 0.717) is 12.6 Å². The third-order valence-electron chi connectivity index (χ3n) is 3.63. The molecule has 19 heavy (non-hydrogen) atoms. The zero-order valence-corrected chi connectivity index (χ0v) is 12.2. The molecule has 2 aliphatic rings. The van der Waals surface area contributed by atoms with Gasteiger partial charge in [0.2, 0.25) is 0 Å². The van der Waals surface area contributed by atoms with Gasteiger partial charge in [-0.3, -0.25) is 0 Å². The smallest absolute Gasteiger partial charge is 0.317 e. The first-order chi connectivity index (χ1) is 9.04. The summed E-state index contributed by atoms with van der Waals surface area (Å²) in [7, 11) is 0. The van der Waals surface area contributed by atoms with Crippen LogP contribution in [0.15, 0.2) is 0 Å². The van der Waals surface area contributed by atoms with Crippen molar-refractivity contribution in [3.8, 4) is 0 Å². The van der Waals surface area contributed by atoms with E-state index in [-0.39, 0.29) is 24.3 Å². The van der Waals surface area contributed by atoms with Crippen molar-refractivity contribution in [1.82, 2.24) is 10.2 Å². The monoisotopic (exact) mass is 270 g/mol. The van der Waals surface area contributed by atoms with E-state index in [1.54, 1.807) is 0 Å². The summed E-state index contributed by atoms with van der Waals surface area (Å²) in [4.78, 5) is 14.0. The number of carbonyl (C=O) groups excluding carboxylic acids is 1. The Hall–Kier alpha value is -0.810. The van der Waals surface area contributed by atoms with Crippen LogP contribution in [0.2, 0.25) is 0 Å². The van der Waals surface area contributed by atoms with Crippen molar-refractivity contribution in [3.05, 3.63) is 0 Å². The van der Waals surface area contributed by atoms with Crippen molar-refractivity contribution in [3.63, 3.8) is 0 Å². The first-order valence-electron chi connectivity index (χ1n) is 7.37. The molecular weight excluding hydrogens is 244 g/mol. The summed E-state index contributed by atoms with van der Waals surface area (Å²) in [5.74, 6) is 0. The molecule has 5 heteroatoms. The van der Waals surface area contributed by atoms with Crippen LogP contribution in [0, 0.1) is 0 Å². The van der Waals surface area contributed by atoms with Crippen molar-refractivity contribution in [2.45, 2.75) is 64.4 Å². The van der Waals surface area contributed by atoms with E-state index in [2.05, 4.69) is 5.32 Å². The summed E-state index contributed by atoms with van der Waals surface area (Å²) >= 11 is 0. The van der Waals surface area contributed by atoms with E-state index in [9.17, 15) is 4.79 Å². The lowest BCUT2D eigenvalue weighted by Gasteiger charge is -2.37. The largest absolute Gasteiger partial charge is 0.377 e. The van der Waals surface area contributed by atoms with Crippen LogP contribution in [-0.4, -0.2) is 55.0 Å². The molecule has 2 amide bonds. The minimum Gasteiger partial charge on any atom is -0.377 e. The Morgan fingerprint density at radius 1 is 1.42 bits per heavy atom. The molecule has 1 N–H and O–H groups in total. The highest BCUT2D eigenvalue weighted by molar-refractivity contribution is 5.74. The van der Waals surface area contributed by atoms with Crippen molar-refractivity contribution >= 4 is 6.03 Å². The SMILES string of the molecule is CC(C)OC1CC(NC(=O)N2CCCOC(C)C2)C1. The number of rotatable bonds is 3. The van der Waals surface area contributed by atoms with Crippen LogP contribution in [0.5, 0.6) is 0 Å². The van der Waals surface area contributed by atoms with E-state index in [1.807, 2.05) is 25.7 Å². The van der Waals surface area contributed by atoms with Gasteiger partial charge in [-0.15, -0.1) is 0 Å². The van der Waals surface area contributed by atoms with Gasteiger partial charge in [-0.25, -0.2) is 4.79 Å². The number of hydrogen-bond acceptors (Lipinski definition) is 3. The molecule has 2 fully saturated rings. The average Bonchev–Trinajstić information content (AvgIpc) is 2.50. The van der Waals surface area contributed by atoms with Gasteiger partial charge >= 0.3 is 6.03 Å². The van der Waals surface area contributed by atoms with Crippen LogP contribution >= 0.6 is 0 Å². The summed E-state index contributed by atoms with van der Waals surface area (Å²) in [6, 6.07) is 0.320. The van der Waals surface area contributed by atoms with Gasteiger partial charge in [0.25, 0.3) is 0 Å². The fourth-order valence-corrected chi connectivity index (χ4v) is 2.62. The normalized spacial score (nSPS) is 31.8. The summed E-state index contributed by atoms with van der Waals surface area (Å²) < 4.78 is 11.2. The second kappa shape index (κ2) is 6.57. The Balaban J connectivity index is 1.70. The molecule has 1 aliphatic carbocycles. The molecule has 0 aromatic carbocycles. The molecule has 1 aliphatic heterocycles. The van der Waals surface area contributed by atoms with E-state index in [0.717, 1.165) is 32.4 Å². The Morgan fingerprint density at radius 3 is 2.84 bits per heavy atom. The molecule has 0 bridgehead atoms. The summed E-state index contributed by atoms with van der Waals surface area (Å²) in [6.07, 6.45) is 3.50. The van der Waals surface area contributed by atoms with Crippen LogP contribution in [0.3, 0.4) is 0 Å². The first kappa shape index (κ1) is 14.6. The summed E-state index contributed by atoms with van der Waals surface area (Å²) in [5.41, 5.74) is 0. The maximum absolute atomic E-state index is 12.1. The zero-order valence-electron chi connectivity index (χ0n) is 12.2. The molecule has 0 spiro atoms. The number of urea groups is 1. The van der Waals surface area contributed by atoms with E-state index in [1.165, 1.54) is 0 Å². The minimum atomic E-state index is 0.0466. The molecule has 0 aromatic heterocycles. The molecule has 1 saturated heterocycles. The van der Waals surface area contributed by atoms with Crippen LogP contribution in [-0.2, 0) is 9.47 Å². The van der Waals surface area contributed by atoms with E-state index >= 15 is 0 Å². The Labute approximate surface area is 115 Å². The van der Waals surface area contributed by atoms with Gasteiger partial charge in [-0.05, 0) is 40.0 Å². The molecule has 0 radical (unpaired) electrons. The van der Waals surface area contributed by atoms with Gasteiger partial charge < -0.3 is 19.7 Å². The third kappa shape index (κ3) is 4.35. The van der Waals surface area contributed by atoms with E-state index < -0.39 is 0 Å².